The molecule has 0 saturated heterocycles. The van der Waals surface area contributed by atoms with Gasteiger partial charge in [0.05, 0.1) is 10.7 Å². The normalized spacial score (nSPS) is 14.4. The fourth-order valence-corrected chi connectivity index (χ4v) is 3.68. The van der Waals surface area contributed by atoms with Crippen molar-refractivity contribution >= 4 is 34.8 Å². The molecule has 1 amide bonds. The number of para-hydroxylation sites is 1. The highest BCUT2D eigenvalue weighted by atomic mass is 35.5. The monoisotopic (exact) mass is 407 g/mol. The second-order valence-corrected chi connectivity index (χ2v) is 7.14. The van der Waals surface area contributed by atoms with Gasteiger partial charge in [0, 0.05) is 17.7 Å². The Morgan fingerprint density at radius 2 is 1.90 bits per heavy atom. The molecule has 1 heterocycles. The van der Waals surface area contributed by atoms with E-state index < -0.39 is 0 Å². The van der Waals surface area contributed by atoms with Crippen LogP contribution in [0.4, 0.5) is 10.1 Å². The molecule has 0 unspecified atom stereocenters. The van der Waals surface area contributed by atoms with E-state index in [0.717, 1.165) is 22.4 Å². The number of nitrogens with zero attached hydrogens (tertiary/aromatic N) is 1. The van der Waals surface area contributed by atoms with Gasteiger partial charge in [-0.3, -0.25) is 4.79 Å². The highest BCUT2D eigenvalue weighted by Crippen LogP contribution is 2.38. The Bertz CT molecular complexity index is 1110. The summed E-state index contributed by atoms with van der Waals surface area (Å²) < 4.78 is 19.0. The highest BCUT2D eigenvalue weighted by Gasteiger charge is 2.30. The van der Waals surface area contributed by atoms with Crippen LogP contribution in [0.15, 0.2) is 66.7 Å². The summed E-state index contributed by atoms with van der Waals surface area (Å²) in [5, 5.41) is 0.432. The van der Waals surface area contributed by atoms with E-state index in [-0.39, 0.29) is 18.3 Å². The van der Waals surface area contributed by atoms with Gasteiger partial charge in [0.15, 0.2) is 0 Å². The van der Waals surface area contributed by atoms with Gasteiger partial charge in [-0.2, -0.15) is 0 Å². The smallest absolute Gasteiger partial charge is 0.258 e. The summed E-state index contributed by atoms with van der Waals surface area (Å²) in [4.78, 5) is 14.6. The first-order valence-electron chi connectivity index (χ1n) is 9.36. The quantitative estimate of drug-likeness (QED) is 0.488. The number of carbonyl (C=O) groups is 1. The third-order valence-corrected chi connectivity index (χ3v) is 5.12. The van der Waals surface area contributed by atoms with E-state index in [1.807, 2.05) is 43.3 Å². The zero-order valence-corrected chi connectivity index (χ0v) is 16.6. The Morgan fingerprint density at radius 3 is 2.66 bits per heavy atom. The van der Waals surface area contributed by atoms with Crippen LogP contribution in [0.3, 0.4) is 0 Å². The van der Waals surface area contributed by atoms with Crippen LogP contribution in [0.5, 0.6) is 5.75 Å². The lowest BCUT2D eigenvalue weighted by Crippen LogP contribution is -2.25. The zero-order chi connectivity index (χ0) is 20.4. The van der Waals surface area contributed by atoms with Gasteiger partial charge >= 0.3 is 0 Å². The van der Waals surface area contributed by atoms with Crippen LogP contribution in [-0.4, -0.2) is 12.5 Å². The molecule has 0 atom stereocenters. The molecule has 4 rings (SSSR count). The molecule has 29 heavy (non-hydrogen) atoms. The van der Waals surface area contributed by atoms with Crippen LogP contribution in [0, 0.1) is 5.82 Å². The predicted molar refractivity (Wildman–Crippen MR) is 115 cm³/mol. The molecule has 0 aromatic heterocycles. The fourth-order valence-electron chi connectivity index (χ4n) is 3.44. The number of benzene rings is 3. The maximum Gasteiger partial charge on any atom is 0.258 e. The number of hydrogen-bond acceptors (Lipinski definition) is 2. The third kappa shape index (κ3) is 3.89. The van der Waals surface area contributed by atoms with Crippen molar-refractivity contribution < 1.29 is 13.9 Å². The number of ether oxygens (including phenoxy) is 1. The van der Waals surface area contributed by atoms with Crippen LogP contribution in [0.1, 0.15) is 23.6 Å². The molecule has 0 saturated carbocycles. The van der Waals surface area contributed by atoms with Gasteiger partial charge < -0.3 is 9.64 Å². The first-order chi connectivity index (χ1) is 14.1. The van der Waals surface area contributed by atoms with Crippen LogP contribution in [0.2, 0.25) is 5.02 Å². The van der Waals surface area contributed by atoms with E-state index in [9.17, 15) is 9.18 Å². The number of carbonyl (C=O) groups excluding carboxylic acids is 1. The second kappa shape index (κ2) is 8.10. The number of likely N-dealkylation sites (N-methyl/N-ethyl adjacent to an activating group) is 1. The largest absolute Gasteiger partial charge is 0.487 e. The number of rotatable bonds is 5. The first kappa shape index (κ1) is 19.2. The SMILES string of the molecule is CCN1C(=O)/C(=C\c2ccc(OCc3cccc(F)c3)c(Cl)c2)c2ccccc21. The van der Waals surface area contributed by atoms with Gasteiger partial charge in [-0.1, -0.05) is 48.0 Å². The van der Waals surface area contributed by atoms with E-state index in [0.29, 0.717) is 22.9 Å². The Balaban J connectivity index is 1.57. The first-order valence-corrected chi connectivity index (χ1v) is 9.74. The highest BCUT2D eigenvalue weighted by molar-refractivity contribution is 6.36. The molecule has 0 spiro atoms. The molecule has 3 aromatic carbocycles. The molecular weight excluding hydrogens is 389 g/mol. The summed E-state index contributed by atoms with van der Waals surface area (Å²) >= 11 is 6.38. The lowest BCUT2D eigenvalue weighted by atomic mass is 10.0. The van der Waals surface area contributed by atoms with E-state index >= 15 is 0 Å². The minimum atomic E-state index is -0.304. The van der Waals surface area contributed by atoms with Crippen molar-refractivity contribution in [1.82, 2.24) is 0 Å². The average Bonchev–Trinajstić information content (AvgIpc) is 2.98. The third-order valence-electron chi connectivity index (χ3n) is 4.83. The van der Waals surface area contributed by atoms with Gasteiger partial charge in [0.2, 0.25) is 0 Å². The summed E-state index contributed by atoms with van der Waals surface area (Å²) in [7, 11) is 0. The van der Waals surface area contributed by atoms with Crippen molar-refractivity contribution in [3.05, 3.63) is 94.3 Å². The molecule has 0 fully saturated rings. The number of fused-ring (bicyclic) bond motifs is 1. The number of halogens is 2. The summed E-state index contributed by atoms with van der Waals surface area (Å²) in [6.07, 6.45) is 1.85. The minimum absolute atomic E-state index is 0.0174. The molecule has 1 aliphatic heterocycles. The number of amides is 1. The predicted octanol–water partition coefficient (Wildman–Crippen LogP) is 5.97. The van der Waals surface area contributed by atoms with Crippen molar-refractivity contribution in [2.45, 2.75) is 13.5 Å². The van der Waals surface area contributed by atoms with Crippen molar-refractivity contribution in [2.24, 2.45) is 0 Å². The van der Waals surface area contributed by atoms with E-state index in [1.54, 1.807) is 29.2 Å². The molecular formula is C24H19ClFNO2. The van der Waals surface area contributed by atoms with Crippen molar-refractivity contribution in [2.75, 3.05) is 11.4 Å². The molecule has 0 N–H and O–H groups in total. The Hall–Kier alpha value is -3.11. The summed E-state index contributed by atoms with van der Waals surface area (Å²) in [5.41, 5.74) is 4.02. The van der Waals surface area contributed by atoms with Gasteiger partial charge in [-0.25, -0.2) is 4.39 Å². The molecule has 1 aliphatic rings. The Kier molecular flexibility index (Phi) is 5.36. The molecule has 3 nitrogen and oxygen atoms in total. The van der Waals surface area contributed by atoms with E-state index in [4.69, 9.17) is 16.3 Å². The summed E-state index contributed by atoms with van der Waals surface area (Å²) in [5.74, 6) is 0.185. The fraction of sp³-hybridized carbons (Fsp3) is 0.125. The molecule has 3 aromatic rings. The van der Waals surface area contributed by atoms with Crippen LogP contribution < -0.4 is 9.64 Å². The Labute approximate surface area is 174 Å². The summed E-state index contributed by atoms with van der Waals surface area (Å²) in [6.45, 7) is 2.79. The van der Waals surface area contributed by atoms with Crippen LogP contribution >= 0.6 is 11.6 Å². The number of anilines is 1. The van der Waals surface area contributed by atoms with Gasteiger partial charge in [0.1, 0.15) is 18.2 Å². The molecule has 146 valence electrons. The van der Waals surface area contributed by atoms with Gasteiger partial charge in [0.25, 0.3) is 5.91 Å². The standard InChI is InChI=1S/C24H19ClFNO2/c1-2-27-22-9-4-3-8-19(22)20(24(27)28)13-16-10-11-23(21(25)14-16)29-15-17-6-5-7-18(26)12-17/h3-14H,2,15H2,1H3/b20-13-. The van der Waals surface area contributed by atoms with Gasteiger partial charge in [-0.15, -0.1) is 0 Å². The minimum Gasteiger partial charge on any atom is -0.487 e. The zero-order valence-electron chi connectivity index (χ0n) is 15.9. The van der Waals surface area contributed by atoms with Crippen LogP contribution in [-0.2, 0) is 11.4 Å². The van der Waals surface area contributed by atoms with Crippen LogP contribution in [0.25, 0.3) is 11.6 Å². The number of hydrogen-bond donors (Lipinski definition) is 0. The van der Waals surface area contributed by atoms with E-state index in [2.05, 4.69) is 0 Å². The molecule has 0 radical (unpaired) electrons. The molecule has 5 heteroatoms. The van der Waals surface area contributed by atoms with Crippen molar-refractivity contribution in [3.8, 4) is 5.75 Å². The van der Waals surface area contributed by atoms with Crippen molar-refractivity contribution in [1.29, 1.82) is 0 Å². The van der Waals surface area contributed by atoms with Gasteiger partial charge in [-0.05, 0) is 54.5 Å². The molecule has 0 aliphatic carbocycles. The average molecular weight is 408 g/mol. The Morgan fingerprint density at radius 1 is 1.07 bits per heavy atom. The second-order valence-electron chi connectivity index (χ2n) is 6.73. The van der Waals surface area contributed by atoms with E-state index in [1.165, 1.54) is 12.1 Å². The molecule has 0 bridgehead atoms. The maximum atomic E-state index is 13.3. The lowest BCUT2D eigenvalue weighted by molar-refractivity contribution is -0.112. The van der Waals surface area contributed by atoms with Crippen molar-refractivity contribution in [3.63, 3.8) is 0 Å². The maximum absolute atomic E-state index is 13.3. The topological polar surface area (TPSA) is 29.5 Å². The lowest BCUT2D eigenvalue weighted by Gasteiger charge is -2.13. The summed E-state index contributed by atoms with van der Waals surface area (Å²) in [6, 6.07) is 19.4.